The van der Waals surface area contributed by atoms with Gasteiger partial charge >= 0.3 is 12.3 Å². The molecular weight excluding hydrogens is 772 g/mol. The summed E-state index contributed by atoms with van der Waals surface area (Å²) in [6.45, 7) is 13.6. The molecule has 0 N–H and O–H groups in total. The van der Waals surface area contributed by atoms with E-state index in [-0.39, 0.29) is 49.5 Å². The Morgan fingerprint density at radius 1 is 0.441 bits per heavy atom. The van der Waals surface area contributed by atoms with Crippen LogP contribution >= 0.6 is 0 Å². The Balaban J connectivity index is 1.02. The molecule has 0 saturated heterocycles. The van der Waals surface area contributed by atoms with Crippen molar-refractivity contribution in [3.05, 3.63) is 0 Å². The van der Waals surface area contributed by atoms with E-state index in [9.17, 15) is 9.59 Å². The summed E-state index contributed by atoms with van der Waals surface area (Å²) in [6.07, 6.45) is 7.68. The fourth-order valence-electron chi connectivity index (χ4n) is 9.97. The molecule has 4 fully saturated rings. The van der Waals surface area contributed by atoms with E-state index in [4.69, 9.17) is 66.3 Å². The monoisotopic (exact) mass is 849 g/mol. The molecule has 16 heteroatoms. The number of methoxy groups -OCH3 is 2. The number of rotatable bonds is 32. The molecule has 0 heterocycles. The summed E-state index contributed by atoms with van der Waals surface area (Å²) in [5.74, 6) is 2.26. The Morgan fingerprint density at radius 3 is 1.32 bits per heavy atom. The van der Waals surface area contributed by atoms with Crippen LogP contribution in [0.3, 0.4) is 0 Å². The van der Waals surface area contributed by atoms with Crippen molar-refractivity contribution in [1.82, 2.24) is 0 Å². The smallest absolute Gasteiger partial charge is 0.432 e. The Bertz CT molecular complexity index is 1130. The molecule has 0 amide bonds. The summed E-state index contributed by atoms with van der Waals surface area (Å²) >= 11 is 0. The Labute approximate surface area is 352 Å². The molecule has 0 aliphatic heterocycles. The van der Waals surface area contributed by atoms with E-state index in [0.29, 0.717) is 129 Å². The number of hydrogen-bond donors (Lipinski definition) is 0. The maximum absolute atomic E-state index is 12.7. The highest BCUT2D eigenvalue weighted by molar-refractivity contribution is 5.60. The first-order chi connectivity index (χ1) is 28.8. The van der Waals surface area contributed by atoms with E-state index < -0.39 is 12.3 Å². The molecule has 0 unspecified atom stereocenters. The fourth-order valence-corrected chi connectivity index (χ4v) is 9.97. The molecule has 59 heavy (non-hydrogen) atoms. The molecule has 16 nitrogen and oxygen atoms in total. The summed E-state index contributed by atoms with van der Waals surface area (Å²) < 4.78 is 76.0. The number of carbonyl (C=O) groups excluding carboxylic acids is 2. The highest BCUT2D eigenvalue weighted by atomic mass is 16.7. The van der Waals surface area contributed by atoms with Crippen molar-refractivity contribution >= 4 is 12.3 Å². The van der Waals surface area contributed by atoms with Crippen molar-refractivity contribution in [2.24, 2.45) is 34.5 Å². The van der Waals surface area contributed by atoms with Gasteiger partial charge in [0.15, 0.2) is 0 Å². The van der Waals surface area contributed by atoms with Gasteiger partial charge in [-0.3, -0.25) is 0 Å². The zero-order valence-corrected chi connectivity index (χ0v) is 36.5. The maximum Gasteiger partial charge on any atom is 0.508 e. The molecule has 0 aromatic heterocycles. The van der Waals surface area contributed by atoms with Crippen LogP contribution in [0.4, 0.5) is 9.59 Å². The van der Waals surface area contributed by atoms with Gasteiger partial charge in [0, 0.05) is 19.6 Å². The summed E-state index contributed by atoms with van der Waals surface area (Å²) in [7, 11) is 3.28. The number of fused-ring (bicyclic) bond motifs is 5. The van der Waals surface area contributed by atoms with E-state index in [1.807, 2.05) is 0 Å². The van der Waals surface area contributed by atoms with E-state index >= 15 is 0 Å². The quantitative estimate of drug-likeness (QED) is 0.0616. The summed E-state index contributed by atoms with van der Waals surface area (Å²) in [5, 5.41) is 0. The molecule has 0 spiro atoms. The van der Waals surface area contributed by atoms with Gasteiger partial charge in [-0.1, -0.05) is 13.8 Å². The lowest BCUT2D eigenvalue weighted by molar-refractivity contribution is -0.139. The van der Waals surface area contributed by atoms with Crippen molar-refractivity contribution in [2.75, 3.05) is 146 Å². The molecule has 0 bridgehead atoms. The van der Waals surface area contributed by atoms with Gasteiger partial charge in [0.1, 0.15) is 25.4 Å². The lowest BCUT2D eigenvalue weighted by Gasteiger charge is -2.60. The Hall–Kier alpha value is -1.86. The molecule has 0 aromatic carbocycles. The highest BCUT2D eigenvalue weighted by Gasteiger charge is 2.61. The molecule has 8 atom stereocenters. The van der Waals surface area contributed by atoms with Crippen LogP contribution in [0.2, 0.25) is 0 Å². The first-order valence-corrected chi connectivity index (χ1v) is 22.1. The van der Waals surface area contributed by atoms with Gasteiger partial charge in [0.05, 0.1) is 119 Å². The van der Waals surface area contributed by atoms with E-state index in [2.05, 4.69) is 13.8 Å². The molecule has 0 aromatic rings. The first-order valence-electron chi connectivity index (χ1n) is 22.1. The van der Waals surface area contributed by atoms with Crippen molar-refractivity contribution in [2.45, 2.75) is 83.8 Å². The predicted octanol–water partition coefficient (Wildman–Crippen LogP) is 5.50. The van der Waals surface area contributed by atoms with E-state index in [1.165, 1.54) is 0 Å². The second-order valence-electron chi connectivity index (χ2n) is 16.5. The predicted molar refractivity (Wildman–Crippen MR) is 214 cm³/mol. The lowest BCUT2D eigenvalue weighted by atomic mass is 9.45. The van der Waals surface area contributed by atoms with Gasteiger partial charge in [-0.15, -0.1) is 0 Å². The second-order valence-corrected chi connectivity index (χ2v) is 16.5. The molecule has 0 radical (unpaired) electrons. The third-order valence-electron chi connectivity index (χ3n) is 13.0. The largest absolute Gasteiger partial charge is 0.508 e. The topological polar surface area (TPSA) is 163 Å². The third kappa shape index (κ3) is 17.1. The standard InChI is InChI=1S/C43H76O16/c1-42-11-9-35(58-40(44)56-31-29-54-27-25-52-23-21-50-19-17-48-15-13-46-3)33-34(42)5-6-36-37-7-8-39(43(37,2)12-10-38(36)42)59-41(45)57-32-30-55-28-26-53-24-22-51-20-18-49-16-14-47-4/h34-39H,5-33H2,1-4H3/t34-,35+,36+,37+,38+,39+,42+,43+/m1/s1. The highest BCUT2D eigenvalue weighted by Crippen LogP contribution is 2.66. The third-order valence-corrected chi connectivity index (χ3v) is 13.0. The van der Waals surface area contributed by atoms with Crippen LogP contribution in [0.1, 0.15) is 71.6 Å². The molecule has 4 saturated carbocycles. The minimum Gasteiger partial charge on any atom is -0.432 e. The average Bonchev–Trinajstić information content (AvgIpc) is 3.56. The van der Waals surface area contributed by atoms with Gasteiger partial charge in [-0.05, 0) is 86.9 Å². The molecule has 4 rings (SSSR count). The summed E-state index contributed by atoms with van der Waals surface area (Å²) in [5.41, 5.74) is 0.165. The maximum atomic E-state index is 12.7. The van der Waals surface area contributed by atoms with Crippen molar-refractivity contribution in [3.63, 3.8) is 0 Å². The normalized spacial score (nSPS) is 28.7. The van der Waals surface area contributed by atoms with Crippen LogP contribution in [-0.4, -0.2) is 171 Å². The van der Waals surface area contributed by atoms with Gasteiger partial charge in [-0.25, -0.2) is 9.59 Å². The molecular formula is C43H76O16. The van der Waals surface area contributed by atoms with Crippen LogP contribution in [-0.2, 0) is 66.3 Å². The molecule has 344 valence electrons. The second kappa shape index (κ2) is 28.7. The molecule has 4 aliphatic carbocycles. The first kappa shape index (κ1) is 49.8. The van der Waals surface area contributed by atoms with Gasteiger partial charge in [0.2, 0.25) is 0 Å². The van der Waals surface area contributed by atoms with Gasteiger partial charge in [-0.2, -0.15) is 0 Å². The van der Waals surface area contributed by atoms with Crippen molar-refractivity contribution < 1.29 is 75.9 Å². The Morgan fingerprint density at radius 2 is 0.847 bits per heavy atom. The van der Waals surface area contributed by atoms with Gasteiger partial charge < -0.3 is 66.3 Å². The Kier molecular flexibility index (Phi) is 24.2. The molecule has 4 aliphatic rings. The number of carbonyl (C=O) groups is 2. The average molecular weight is 849 g/mol. The van der Waals surface area contributed by atoms with Crippen molar-refractivity contribution in [1.29, 1.82) is 0 Å². The van der Waals surface area contributed by atoms with Crippen LogP contribution in [0.15, 0.2) is 0 Å². The minimum atomic E-state index is -0.619. The zero-order valence-electron chi connectivity index (χ0n) is 36.5. The number of ether oxygens (including phenoxy) is 14. The lowest BCUT2D eigenvalue weighted by Crippen LogP contribution is -2.55. The summed E-state index contributed by atoms with van der Waals surface area (Å²) in [6, 6.07) is 0. The number of hydrogen-bond acceptors (Lipinski definition) is 16. The summed E-state index contributed by atoms with van der Waals surface area (Å²) in [4.78, 5) is 25.3. The minimum absolute atomic E-state index is 0.0477. The van der Waals surface area contributed by atoms with Crippen LogP contribution < -0.4 is 0 Å². The van der Waals surface area contributed by atoms with Crippen LogP contribution in [0.25, 0.3) is 0 Å². The SMILES string of the molecule is COCCOCCOCCOCCOCCOC(=O)O[C@H]1CC[C@@]2(C)[C@H](CC[C@@H]3[C@@H]2CC[C@]2(C)[C@@H](OC(=O)OCCOCCOCCOCCOCCOC)CC[C@@H]32)C1. The van der Waals surface area contributed by atoms with Crippen LogP contribution in [0.5, 0.6) is 0 Å². The van der Waals surface area contributed by atoms with Gasteiger partial charge in [0.25, 0.3) is 0 Å². The van der Waals surface area contributed by atoms with E-state index in [1.54, 1.807) is 14.2 Å². The van der Waals surface area contributed by atoms with Crippen LogP contribution in [0, 0.1) is 34.5 Å². The van der Waals surface area contributed by atoms with Crippen molar-refractivity contribution in [3.8, 4) is 0 Å². The fraction of sp³-hybridized carbons (Fsp3) is 0.953. The zero-order chi connectivity index (χ0) is 42.0. The van der Waals surface area contributed by atoms with E-state index in [0.717, 1.165) is 57.8 Å².